The SMILES string of the molecule is CC1CC1C(=O)Nc1cccc(C(=O)NNC(=O)c2ccccc2O)c1. The Bertz CT molecular complexity index is 865. The lowest BCUT2D eigenvalue weighted by Crippen LogP contribution is -2.41. The highest BCUT2D eigenvalue weighted by Crippen LogP contribution is 2.38. The van der Waals surface area contributed by atoms with Crippen LogP contribution in [0.3, 0.4) is 0 Å². The second-order valence-electron chi connectivity index (χ2n) is 6.31. The number of hydrogen-bond donors (Lipinski definition) is 4. The lowest BCUT2D eigenvalue weighted by Gasteiger charge is -2.10. The molecule has 1 saturated carbocycles. The van der Waals surface area contributed by atoms with E-state index in [9.17, 15) is 19.5 Å². The van der Waals surface area contributed by atoms with Crippen molar-refractivity contribution in [1.29, 1.82) is 0 Å². The van der Waals surface area contributed by atoms with Crippen LogP contribution in [-0.4, -0.2) is 22.8 Å². The van der Waals surface area contributed by atoms with Crippen LogP contribution in [0.4, 0.5) is 5.69 Å². The van der Waals surface area contributed by atoms with Gasteiger partial charge < -0.3 is 10.4 Å². The van der Waals surface area contributed by atoms with E-state index in [0.717, 1.165) is 6.42 Å². The lowest BCUT2D eigenvalue weighted by molar-refractivity contribution is -0.117. The Morgan fingerprint density at radius 3 is 2.38 bits per heavy atom. The normalized spacial score (nSPS) is 17.9. The van der Waals surface area contributed by atoms with E-state index in [1.54, 1.807) is 30.3 Å². The van der Waals surface area contributed by atoms with Crippen molar-refractivity contribution < 1.29 is 19.5 Å². The van der Waals surface area contributed by atoms with E-state index >= 15 is 0 Å². The van der Waals surface area contributed by atoms with Crippen molar-refractivity contribution in [3.8, 4) is 5.75 Å². The first-order valence-electron chi connectivity index (χ1n) is 8.25. The monoisotopic (exact) mass is 353 g/mol. The summed E-state index contributed by atoms with van der Waals surface area (Å²) in [5.41, 5.74) is 5.38. The molecule has 0 radical (unpaired) electrons. The van der Waals surface area contributed by atoms with Crippen LogP contribution in [0.1, 0.15) is 34.1 Å². The Hall–Kier alpha value is -3.35. The minimum absolute atomic E-state index is 0.0327. The minimum atomic E-state index is -0.636. The van der Waals surface area contributed by atoms with Crippen molar-refractivity contribution in [2.24, 2.45) is 11.8 Å². The Labute approximate surface area is 150 Å². The highest BCUT2D eigenvalue weighted by molar-refractivity contribution is 6.01. The largest absolute Gasteiger partial charge is 0.507 e. The highest BCUT2D eigenvalue weighted by atomic mass is 16.3. The molecule has 7 heteroatoms. The van der Waals surface area contributed by atoms with Crippen molar-refractivity contribution in [3.63, 3.8) is 0 Å². The zero-order valence-electron chi connectivity index (χ0n) is 14.2. The zero-order chi connectivity index (χ0) is 18.7. The predicted octanol–water partition coefficient (Wildman–Crippen LogP) is 2.06. The van der Waals surface area contributed by atoms with E-state index in [2.05, 4.69) is 16.2 Å². The number of rotatable bonds is 4. The molecule has 0 spiro atoms. The van der Waals surface area contributed by atoms with Crippen LogP contribution in [0.15, 0.2) is 48.5 Å². The second-order valence-corrected chi connectivity index (χ2v) is 6.31. The van der Waals surface area contributed by atoms with E-state index in [4.69, 9.17) is 0 Å². The molecule has 3 amide bonds. The summed E-state index contributed by atoms with van der Waals surface area (Å²) in [6.45, 7) is 2.02. The number of anilines is 1. The van der Waals surface area contributed by atoms with E-state index < -0.39 is 11.8 Å². The first-order chi connectivity index (χ1) is 12.5. The molecule has 26 heavy (non-hydrogen) atoms. The average Bonchev–Trinajstić information content (AvgIpc) is 3.37. The summed E-state index contributed by atoms with van der Waals surface area (Å²) in [4.78, 5) is 36.2. The molecule has 0 bridgehead atoms. The number of phenolic OH excluding ortho intramolecular Hbond substituents is 1. The highest BCUT2D eigenvalue weighted by Gasteiger charge is 2.39. The quantitative estimate of drug-likeness (QED) is 0.631. The number of hydrazine groups is 1. The first-order valence-corrected chi connectivity index (χ1v) is 8.25. The van der Waals surface area contributed by atoms with E-state index in [-0.39, 0.29) is 28.7 Å². The first kappa shape index (κ1) is 17.5. The van der Waals surface area contributed by atoms with Gasteiger partial charge in [-0.15, -0.1) is 0 Å². The van der Waals surface area contributed by atoms with Gasteiger partial charge in [0.2, 0.25) is 5.91 Å². The van der Waals surface area contributed by atoms with Crippen molar-refractivity contribution in [3.05, 3.63) is 59.7 Å². The molecular weight excluding hydrogens is 334 g/mol. The van der Waals surface area contributed by atoms with E-state index in [1.165, 1.54) is 18.2 Å². The molecule has 2 atom stereocenters. The predicted molar refractivity (Wildman–Crippen MR) is 95.4 cm³/mol. The Morgan fingerprint density at radius 1 is 1.00 bits per heavy atom. The zero-order valence-corrected chi connectivity index (χ0v) is 14.2. The van der Waals surface area contributed by atoms with Gasteiger partial charge in [0.15, 0.2) is 0 Å². The van der Waals surface area contributed by atoms with Crippen LogP contribution >= 0.6 is 0 Å². The molecule has 2 unspecified atom stereocenters. The van der Waals surface area contributed by atoms with Crippen LogP contribution < -0.4 is 16.2 Å². The van der Waals surface area contributed by atoms with Crippen molar-refractivity contribution in [1.82, 2.24) is 10.9 Å². The molecule has 134 valence electrons. The topological polar surface area (TPSA) is 108 Å². The Kier molecular flexibility index (Phi) is 4.88. The van der Waals surface area contributed by atoms with Gasteiger partial charge in [-0.3, -0.25) is 25.2 Å². The number of para-hydroxylation sites is 1. The third-order valence-electron chi connectivity index (χ3n) is 4.28. The summed E-state index contributed by atoms with van der Waals surface area (Å²) in [7, 11) is 0. The molecule has 0 aliphatic heterocycles. The van der Waals surface area contributed by atoms with Crippen molar-refractivity contribution in [2.45, 2.75) is 13.3 Å². The number of amides is 3. The average molecular weight is 353 g/mol. The fourth-order valence-corrected chi connectivity index (χ4v) is 2.58. The van der Waals surface area contributed by atoms with Gasteiger partial charge in [0, 0.05) is 17.2 Å². The minimum Gasteiger partial charge on any atom is -0.507 e. The van der Waals surface area contributed by atoms with Gasteiger partial charge in [-0.2, -0.15) is 0 Å². The van der Waals surface area contributed by atoms with Gasteiger partial charge in [-0.25, -0.2) is 0 Å². The maximum absolute atomic E-state index is 12.2. The van der Waals surface area contributed by atoms with Crippen molar-refractivity contribution >= 4 is 23.4 Å². The number of benzene rings is 2. The number of carbonyl (C=O) groups is 3. The van der Waals surface area contributed by atoms with Crippen LogP contribution in [0.25, 0.3) is 0 Å². The molecule has 1 aliphatic carbocycles. The summed E-state index contributed by atoms with van der Waals surface area (Å²) in [5, 5.41) is 12.4. The van der Waals surface area contributed by atoms with Gasteiger partial charge in [0.1, 0.15) is 5.75 Å². The van der Waals surface area contributed by atoms with E-state index in [0.29, 0.717) is 11.6 Å². The molecule has 7 nitrogen and oxygen atoms in total. The van der Waals surface area contributed by atoms with Crippen LogP contribution in [0, 0.1) is 11.8 Å². The van der Waals surface area contributed by atoms with Crippen LogP contribution in [0.5, 0.6) is 5.75 Å². The molecule has 0 heterocycles. The van der Waals surface area contributed by atoms with Gasteiger partial charge in [-0.1, -0.05) is 25.1 Å². The van der Waals surface area contributed by atoms with Gasteiger partial charge in [-0.05, 0) is 42.7 Å². The molecule has 2 aromatic rings. The smallest absolute Gasteiger partial charge is 0.273 e. The third-order valence-corrected chi connectivity index (χ3v) is 4.28. The van der Waals surface area contributed by atoms with Gasteiger partial charge in [0.05, 0.1) is 5.56 Å². The number of carbonyl (C=O) groups excluding carboxylic acids is 3. The van der Waals surface area contributed by atoms with Crippen LogP contribution in [0.2, 0.25) is 0 Å². The number of nitrogens with one attached hydrogen (secondary N) is 3. The molecular formula is C19H19N3O4. The number of hydrogen-bond acceptors (Lipinski definition) is 4. The number of aromatic hydroxyl groups is 1. The molecule has 3 rings (SSSR count). The van der Waals surface area contributed by atoms with E-state index in [1.807, 2.05) is 6.92 Å². The van der Waals surface area contributed by atoms with Gasteiger partial charge in [0.25, 0.3) is 11.8 Å². The third kappa shape index (κ3) is 4.00. The standard InChI is InChI=1S/C19H19N3O4/c1-11-9-15(11)18(25)20-13-6-4-5-12(10-13)17(24)21-22-19(26)14-7-2-3-8-16(14)23/h2-8,10-11,15,23H,9H2,1H3,(H,20,25)(H,21,24)(H,22,26). The summed E-state index contributed by atoms with van der Waals surface area (Å²) in [6, 6.07) is 12.4. The molecule has 1 aliphatic rings. The molecule has 4 N–H and O–H groups in total. The summed E-state index contributed by atoms with van der Waals surface area (Å²) < 4.78 is 0. The maximum Gasteiger partial charge on any atom is 0.273 e. The number of phenols is 1. The maximum atomic E-state index is 12.2. The van der Waals surface area contributed by atoms with Crippen molar-refractivity contribution in [2.75, 3.05) is 5.32 Å². The molecule has 2 aromatic carbocycles. The van der Waals surface area contributed by atoms with Crippen LogP contribution in [-0.2, 0) is 4.79 Å². The Balaban J connectivity index is 1.59. The molecule has 0 aromatic heterocycles. The summed E-state index contributed by atoms with van der Waals surface area (Å²) in [5.74, 6) is -0.981. The molecule has 1 fully saturated rings. The molecule has 0 saturated heterocycles. The van der Waals surface area contributed by atoms with Gasteiger partial charge >= 0.3 is 0 Å². The summed E-state index contributed by atoms with van der Waals surface area (Å²) in [6.07, 6.45) is 0.879. The summed E-state index contributed by atoms with van der Waals surface area (Å²) >= 11 is 0. The lowest BCUT2D eigenvalue weighted by atomic mass is 10.2. The fraction of sp³-hybridized carbons (Fsp3) is 0.211. The second kappa shape index (κ2) is 7.26. The Morgan fingerprint density at radius 2 is 1.69 bits per heavy atom. The fourth-order valence-electron chi connectivity index (χ4n) is 2.58.